The highest BCUT2D eigenvalue weighted by Gasteiger charge is 2.14. The summed E-state index contributed by atoms with van der Waals surface area (Å²) in [5, 5.41) is 8.93. The minimum absolute atomic E-state index is 0.289. The molecular formula is C22H24N2O4. The topological polar surface area (TPSA) is 98.6 Å². The van der Waals surface area contributed by atoms with Gasteiger partial charge >= 0.3 is 5.97 Å². The Kier molecular flexibility index (Phi) is 6.11. The number of oxazole rings is 1. The van der Waals surface area contributed by atoms with Crippen molar-refractivity contribution < 1.29 is 19.1 Å². The van der Waals surface area contributed by atoms with Crippen molar-refractivity contribution in [1.29, 1.82) is 0 Å². The van der Waals surface area contributed by atoms with Crippen molar-refractivity contribution >= 4 is 5.97 Å². The number of aromatic nitrogens is 1. The van der Waals surface area contributed by atoms with E-state index in [-0.39, 0.29) is 6.42 Å². The van der Waals surface area contributed by atoms with Crippen LogP contribution >= 0.6 is 0 Å². The van der Waals surface area contributed by atoms with E-state index in [1.165, 1.54) is 0 Å². The Balaban J connectivity index is 1.59. The first-order valence-corrected chi connectivity index (χ1v) is 9.16. The second-order valence-corrected chi connectivity index (χ2v) is 6.74. The van der Waals surface area contributed by atoms with E-state index in [9.17, 15) is 4.79 Å². The van der Waals surface area contributed by atoms with E-state index in [2.05, 4.69) is 4.98 Å². The first kappa shape index (κ1) is 19.6. The minimum atomic E-state index is -1.00. The van der Waals surface area contributed by atoms with Crippen molar-refractivity contribution in [1.82, 2.24) is 4.98 Å². The highest BCUT2D eigenvalue weighted by Crippen LogP contribution is 2.23. The van der Waals surface area contributed by atoms with Gasteiger partial charge < -0.3 is 20.0 Å². The van der Waals surface area contributed by atoms with Gasteiger partial charge in [0, 0.05) is 12.0 Å². The van der Waals surface area contributed by atoms with Crippen molar-refractivity contribution in [2.45, 2.75) is 32.7 Å². The van der Waals surface area contributed by atoms with Crippen molar-refractivity contribution in [3.8, 4) is 17.2 Å². The Hall–Kier alpha value is -3.12. The molecule has 0 saturated heterocycles. The monoisotopic (exact) mass is 380 g/mol. The Bertz CT molecular complexity index is 950. The normalized spacial score (nSPS) is 12.0. The Labute approximate surface area is 164 Å². The fourth-order valence-electron chi connectivity index (χ4n) is 2.96. The minimum Gasteiger partial charge on any atom is -0.493 e. The summed E-state index contributed by atoms with van der Waals surface area (Å²) < 4.78 is 11.7. The number of aliphatic carboxylic acids is 1. The van der Waals surface area contributed by atoms with Crippen LogP contribution in [-0.2, 0) is 17.6 Å². The molecule has 0 amide bonds. The number of carboxylic acid groups (broad SMARTS) is 1. The summed E-state index contributed by atoms with van der Waals surface area (Å²) in [6.45, 7) is 4.30. The van der Waals surface area contributed by atoms with Crippen molar-refractivity contribution in [2.75, 3.05) is 6.61 Å². The van der Waals surface area contributed by atoms with Gasteiger partial charge in [-0.2, -0.15) is 0 Å². The highest BCUT2D eigenvalue weighted by molar-refractivity contribution is 5.73. The number of carbonyl (C=O) groups is 1. The fraction of sp³-hybridized carbons (Fsp3) is 0.273. The zero-order chi connectivity index (χ0) is 20.1. The van der Waals surface area contributed by atoms with Gasteiger partial charge in [0.2, 0.25) is 5.89 Å². The number of aryl methyl sites for hydroxylation is 2. The first-order valence-electron chi connectivity index (χ1n) is 9.16. The standard InChI is InChI=1S/C22H24N2O4/c1-14-12-16(13-18(23)22(25)26)8-9-20(14)27-11-10-19-15(2)28-21(24-19)17-6-4-3-5-7-17/h3-9,12,18H,10-11,13,23H2,1-2H3,(H,25,26). The number of rotatable bonds is 8. The number of nitrogens with two attached hydrogens (primary N) is 1. The molecule has 2 aromatic carbocycles. The van der Waals surface area contributed by atoms with E-state index in [0.717, 1.165) is 33.9 Å². The molecule has 0 saturated carbocycles. The van der Waals surface area contributed by atoms with Gasteiger partial charge in [-0.15, -0.1) is 0 Å². The van der Waals surface area contributed by atoms with E-state index in [1.54, 1.807) is 0 Å². The lowest BCUT2D eigenvalue weighted by molar-refractivity contribution is -0.138. The third-order valence-corrected chi connectivity index (χ3v) is 4.52. The van der Waals surface area contributed by atoms with Crippen LogP contribution in [0.25, 0.3) is 11.5 Å². The van der Waals surface area contributed by atoms with Crippen molar-refractivity contribution in [2.24, 2.45) is 5.73 Å². The molecule has 0 aliphatic heterocycles. The number of carboxylic acids is 1. The molecule has 3 rings (SSSR count). The SMILES string of the molecule is Cc1cc(CC(N)C(=O)O)ccc1OCCc1nc(-c2ccccc2)oc1C. The highest BCUT2D eigenvalue weighted by atomic mass is 16.5. The van der Waals surface area contributed by atoms with Gasteiger partial charge in [-0.05, 0) is 49.6 Å². The summed E-state index contributed by atoms with van der Waals surface area (Å²) >= 11 is 0. The van der Waals surface area contributed by atoms with Crippen LogP contribution in [0.5, 0.6) is 5.75 Å². The number of hydrogen-bond acceptors (Lipinski definition) is 5. The first-order chi connectivity index (χ1) is 13.4. The lowest BCUT2D eigenvalue weighted by Gasteiger charge is -2.11. The molecule has 1 aromatic heterocycles. The maximum Gasteiger partial charge on any atom is 0.320 e. The van der Waals surface area contributed by atoms with Crippen LogP contribution < -0.4 is 10.5 Å². The van der Waals surface area contributed by atoms with Gasteiger partial charge in [0.25, 0.3) is 0 Å². The van der Waals surface area contributed by atoms with Crippen LogP contribution in [0.4, 0.5) is 0 Å². The zero-order valence-corrected chi connectivity index (χ0v) is 16.0. The molecule has 0 fully saturated rings. The molecule has 0 aliphatic rings. The molecule has 1 heterocycles. The predicted molar refractivity (Wildman–Crippen MR) is 106 cm³/mol. The third-order valence-electron chi connectivity index (χ3n) is 4.52. The average molecular weight is 380 g/mol. The molecule has 0 bridgehead atoms. The fourth-order valence-corrected chi connectivity index (χ4v) is 2.96. The summed E-state index contributed by atoms with van der Waals surface area (Å²) in [6.07, 6.45) is 0.921. The van der Waals surface area contributed by atoms with Crippen molar-refractivity contribution in [3.05, 3.63) is 71.1 Å². The molecule has 6 heteroatoms. The van der Waals surface area contributed by atoms with Crippen LogP contribution in [0.1, 0.15) is 22.6 Å². The summed E-state index contributed by atoms with van der Waals surface area (Å²) in [5.74, 6) is 1.16. The molecule has 3 N–H and O–H groups in total. The molecule has 28 heavy (non-hydrogen) atoms. The lowest BCUT2D eigenvalue weighted by atomic mass is 10.0. The van der Waals surface area contributed by atoms with Crippen LogP contribution in [-0.4, -0.2) is 28.7 Å². The number of nitrogens with zero attached hydrogens (tertiary/aromatic N) is 1. The largest absolute Gasteiger partial charge is 0.493 e. The molecule has 0 spiro atoms. The number of hydrogen-bond donors (Lipinski definition) is 2. The van der Waals surface area contributed by atoms with Gasteiger partial charge in [-0.1, -0.05) is 30.3 Å². The quantitative estimate of drug-likeness (QED) is 0.620. The Morgan fingerprint density at radius 1 is 1.21 bits per heavy atom. The molecule has 146 valence electrons. The zero-order valence-electron chi connectivity index (χ0n) is 16.0. The van der Waals surface area contributed by atoms with E-state index in [4.69, 9.17) is 20.0 Å². The number of ether oxygens (including phenoxy) is 1. The van der Waals surface area contributed by atoms with Gasteiger partial charge in [-0.25, -0.2) is 4.98 Å². The Morgan fingerprint density at radius 2 is 1.96 bits per heavy atom. The Morgan fingerprint density at radius 3 is 2.64 bits per heavy atom. The van der Waals surface area contributed by atoms with E-state index in [0.29, 0.717) is 18.9 Å². The van der Waals surface area contributed by atoms with Crippen LogP contribution in [0.3, 0.4) is 0 Å². The van der Waals surface area contributed by atoms with Gasteiger partial charge in [-0.3, -0.25) is 4.79 Å². The molecule has 1 unspecified atom stereocenters. The molecule has 0 aliphatic carbocycles. The maximum absolute atomic E-state index is 10.9. The summed E-state index contributed by atoms with van der Waals surface area (Å²) in [6, 6.07) is 14.5. The van der Waals surface area contributed by atoms with Crippen LogP contribution in [0.2, 0.25) is 0 Å². The van der Waals surface area contributed by atoms with E-state index in [1.807, 2.05) is 62.4 Å². The summed E-state index contributed by atoms with van der Waals surface area (Å²) in [5.41, 5.74) is 9.23. The molecule has 1 atom stereocenters. The summed E-state index contributed by atoms with van der Waals surface area (Å²) in [7, 11) is 0. The molecule has 0 radical (unpaired) electrons. The lowest BCUT2D eigenvalue weighted by Crippen LogP contribution is -2.32. The maximum atomic E-state index is 10.9. The van der Waals surface area contributed by atoms with Crippen molar-refractivity contribution in [3.63, 3.8) is 0 Å². The smallest absolute Gasteiger partial charge is 0.320 e. The van der Waals surface area contributed by atoms with Gasteiger partial charge in [0.15, 0.2) is 0 Å². The second kappa shape index (κ2) is 8.71. The predicted octanol–water partition coefficient (Wildman–Crippen LogP) is 3.53. The second-order valence-electron chi connectivity index (χ2n) is 6.74. The van der Waals surface area contributed by atoms with Gasteiger partial charge in [0.1, 0.15) is 17.6 Å². The van der Waals surface area contributed by atoms with Gasteiger partial charge in [0.05, 0.1) is 12.3 Å². The molecular weight excluding hydrogens is 356 g/mol. The average Bonchev–Trinajstić information content (AvgIpc) is 3.05. The molecule has 6 nitrogen and oxygen atoms in total. The number of benzene rings is 2. The van der Waals surface area contributed by atoms with E-state index >= 15 is 0 Å². The summed E-state index contributed by atoms with van der Waals surface area (Å²) in [4.78, 5) is 15.5. The van der Waals surface area contributed by atoms with Crippen LogP contribution in [0, 0.1) is 13.8 Å². The van der Waals surface area contributed by atoms with Crippen LogP contribution in [0.15, 0.2) is 52.9 Å². The molecule has 3 aromatic rings. The van der Waals surface area contributed by atoms with E-state index < -0.39 is 12.0 Å². The third kappa shape index (κ3) is 4.78.